The molecular formula is C21H21N3O. The summed E-state index contributed by atoms with van der Waals surface area (Å²) in [5.74, 6) is 0.226. The van der Waals surface area contributed by atoms with Crippen LogP contribution in [-0.2, 0) is 11.3 Å². The van der Waals surface area contributed by atoms with E-state index in [-0.39, 0.29) is 5.91 Å². The van der Waals surface area contributed by atoms with Crippen LogP contribution in [0.25, 0.3) is 10.9 Å². The minimum atomic E-state index is 0.226. The van der Waals surface area contributed by atoms with Crippen LogP contribution in [0.2, 0.25) is 0 Å². The number of fused-ring (bicyclic) bond motifs is 1. The van der Waals surface area contributed by atoms with Gasteiger partial charge in [0.15, 0.2) is 0 Å². The third-order valence-corrected chi connectivity index (χ3v) is 4.70. The molecule has 25 heavy (non-hydrogen) atoms. The molecule has 0 radical (unpaired) electrons. The number of aryl methyl sites for hydroxylation is 1. The average molecular weight is 331 g/mol. The van der Waals surface area contributed by atoms with Crippen LogP contribution in [-0.4, -0.2) is 17.4 Å². The van der Waals surface area contributed by atoms with E-state index < -0.39 is 0 Å². The van der Waals surface area contributed by atoms with E-state index in [0.29, 0.717) is 6.42 Å². The maximum atomic E-state index is 11.8. The molecule has 0 unspecified atom stereocenters. The number of benzene rings is 2. The van der Waals surface area contributed by atoms with Crippen LogP contribution in [0.1, 0.15) is 24.0 Å². The Morgan fingerprint density at radius 1 is 1.12 bits per heavy atom. The molecule has 0 bridgehead atoms. The van der Waals surface area contributed by atoms with E-state index in [2.05, 4.69) is 47.6 Å². The lowest BCUT2D eigenvalue weighted by Crippen LogP contribution is -2.23. The number of carbonyl (C=O) groups is 1. The van der Waals surface area contributed by atoms with Gasteiger partial charge >= 0.3 is 0 Å². The first-order chi connectivity index (χ1) is 12.2. The third kappa shape index (κ3) is 3.20. The van der Waals surface area contributed by atoms with Gasteiger partial charge < -0.3 is 10.2 Å². The molecule has 1 N–H and O–H groups in total. The van der Waals surface area contributed by atoms with E-state index in [1.807, 2.05) is 29.3 Å². The lowest BCUT2D eigenvalue weighted by atomic mass is 10.1. The Labute approximate surface area is 147 Å². The van der Waals surface area contributed by atoms with Crippen molar-refractivity contribution in [1.82, 2.24) is 4.98 Å². The summed E-state index contributed by atoms with van der Waals surface area (Å²) in [6.07, 6.45) is 3.45. The van der Waals surface area contributed by atoms with Crippen LogP contribution in [0.5, 0.6) is 0 Å². The Kier molecular flexibility index (Phi) is 4.10. The van der Waals surface area contributed by atoms with Crippen LogP contribution in [0, 0.1) is 6.92 Å². The average Bonchev–Trinajstić information content (AvgIpc) is 3.06. The van der Waals surface area contributed by atoms with Gasteiger partial charge in [-0.05, 0) is 49.2 Å². The van der Waals surface area contributed by atoms with Gasteiger partial charge in [0.05, 0.1) is 5.52 Å². The number of amides is 1. The molecule has 1 aliphatic rings. The molecule has 0 spiro atoms. The summed E-state index contributed by atoms with van der Waals surface area (Å²) in [7, 11) is 0. The zero-order valence-corrected chi connectivity index (χ0v) is 14.3. The van der Waals surface area contributed by atoms with Gasteiger partial charge in [-0.2, -0.15) is 0 Å². The number of hydrogen-bond donors (Lipinski definition) is 1. The highest BCUT2D eigenvalue weighted by Gasteiger charge is 2.21. The minimum Gasteiger partial charge on any atom is -0.380 e. The molecule has 1 fully saturated rings. The summed E-state index contributed by atoms with van der Waals surface area (Å²) in [5, 5.41) is 4.65. The lowest BCUT2D eigenvalue weighted by Gasteiger charge is -2.16. The predicted molar refractivity (Wildman–Crippen MR) is 102 cm³/mol. The van der Waals surface area contributed by atoms with E-state index >= 15 is 0 Å². The number of nitrogens with one attached hydrogen (secondary N) is 1. The quantitative estimate of drug-likeness (QED) is 0.776. The fourth-order valence-electron chi connectivity index (χ4n) is 3.33. The molecule has 4 rings (SSSR count). The van der Waals surface area contributed by atoms with Gasteiger partial charge in [-0.15, -0.1) is 0 Å². The molecular weight excluding hydrogens is 310 g/mol. The first-order valence-corrected chi connectivity index (χ1v) is 8.69. The Balaban J connectivity index is 1.50. The molecule has 126 valence electrons. The van der Waals surface area contributed by atoms with Gasteiger partial charge in [0.1, 0.15) is 0 Å². The first kappa shape index (κ1) is 15.6. The molecule has 1 aromatic heterocycles. The SMILES string of the molecule is Cc1ccc2nccc(NCc3ccc(N4CCCC4=O)cc3)c2c1. The summed E-state index contributed by atoms with van der Waals surface area (Å²) < 4.78 is 0. The van der Waals surface area contributed by atoms with Crippen molar-refractivity contribution in [2.45, 2.75) is 26.3 Å². The molecule has 2 heterocycles. The number of hydrogen-bond acceptors (Lipinski definition) is 3. The molecule has 1 saturated heterocycles. The zero-order valence-electron chi connectivity index (χ0n) is 14.3. The van der Waals surface area contributed by atoms with Crippen LogP contribution in [0.3, 0.4) is 0 Å². The predicted octanol–water partition coefficient (Wildman–Crippen LogP) is 4.28. The van der Waals surface area contributed by atoms with Gasteiger partial charge in [0.2, 0.25) is 5.91 Å². The van der Waals surface area contributed by atoms with Crippen molar-refractivity contribution in [3.63, 3.8) is 0 Å². The van der Waals surface area contributed by atoms with E-state index in [4.69, 9.17) is 0 Å². The molecule has 4 nitrogen and oxygen atoms in total. The lowest BCUT2D eigenvalue weighted by molar-refractivity contribution is -0.117. The van der Waals surface area contributed by atoms with Gasteiger partial charge in [-0.1, -0.05) is 23.8 Å². The van der Waals surface area contributed by atoms with Crippen molar-refractivity contribution in [3.8, 4) is 0 Å². The van der Waals surface area contributed by atoms with Crippen LogP contribution >= 0.6 is 0 Å². The maximum absolute atomic E-state index is 11.8. The van der Waals surface area contributed by atoms with Crippen molar-refractivity contribution in [1.29, 1.82) is 0 Å². The molecule has 0 atom stereocenters. The maximum Gasteiger partial charge on any atom is 0.227 e. The number of aromatic nitrogens is 1. The molecule has 1 aliphatic heterocycles. The number of nitrogens with zero attached hydrogens (tertiary/aromatic N) is 2. The minimum absolute atomic E-state index is 0.226. The highest BCUT2D eigenvalue weighted by molar-refractivity contribution is 5.95. The van der Waals surface area contributed by atoms with Crippen molar-refractivity contribution in [2.75, 3.05) is 16.8 Å². The molecule has 3 aromatic rings. The van der Waals surface area contributed by atoms with Gasteiger partial charge in [0, 0.05) is 42.5 Å². The molecule has 0 saturated carbocycles. The van der Waals surface area contributed by atoms with Crippen molar-refractivity contribution in [2.24, 2.45) is 0 Å². The van der Waals surface area contributed by atoms with Gasteiger partial charge in [-0.25, -0.2) is 0 Å². The Morgan fingerprint density at radius 2 is 1.96 bits per heavy atom. The molecule has 4 heteroatoms. The van der Waals surface area contributed by atoms with Crippen molar-refractivity contribution in [3.05, 3.63) is 65.9 Å². The van der Waals surface area contributed by atoms with E-state index in [0.717, 1.165) is 41.8 Å². The molecule has 2 aromatic carbocycles. The first-order valence-electron chi connectivity index (χ1n) is 8.69. The normalized spacial score (nSPS) is 14.3. The summed E-state index contributed by atoms with van der Waals surface area (Å²) in [6, 6.07) is 16.6. The highest BCUT2D eigenvalue weighted by Crippen LogP contribution is 2.24. The van der Waals surface area contributed by atoms with E-state index in [1.165, 1.54) is 11.1 Å². The Hall–Kier alpha value is -2.88. The van der Waals surface area contributed by atoms with Crippen LogP contribution < -0.4 is 10.2 Å². The third-order valence-electron chi connectivity index (χ3n) is 4.70. The second-order valence-electron chi connectivity index (χ2n) is 6.55. The topological polar surface area (TPSA) is 45.2 Å². The van der Waals surface area contributed by atoms with Crippen molar-refractivity contribution >= 4 is 28.2 Å². The Morgan fingerprint density at radius 3 is 2.72 bits per heavy atom. The highest BCUT2D eigenvalue weighted by atomic mass is 16.2. The fraction of sp³-hybridized carbons (Fsp3) is 0.238. The van der Waals surface area contributed by atoms with E-state index in [1.54, 1.807) is 0 Å². The number of carbonyl (C=O) groups excluding carboxylic acids is 1. The summed E-state index contributed by atoms with van der Waals surface area (Å²) in [5.41, 5.74) is 5.50. The van der Waals surface area contributed by atoms with Crippen molar-refractivity contribution < 1.29 is 4.79 Å². The molecule has 0 aliphatic carbocycles. The largest absolute Gasteiger partial charge is 0.380 e. The fourth-order valence-corrected chi connectivity index (χ4v) is 3.33. The number of anilines is 2. The second kappa shape index (κ2) is 6.55. The Bertz CT molecular complexity index is 918. The monoisotopic (exact) mass is 331 g/mol. The van der Waals surface area contributed by atoms with Gasteiger partial charge in [-0.3, -0.25) is 9.78 Å². The van der Waals surface area contributed by atoms with E-state index in [9.17, 15) is 4.79 Å². The number of rotatable bonds is 4. The summed E-state index contributed by atoms with van der Waals surface area (Å²) in [6.45, 7) is 3.66. The second-order valence-corrected chi connectivity index (χ2v) is 6.55. The smallest absolute Gasteiger partial charge is 0.227 e. The summed E-state index contributed by atoms with van der Waals surface area (Å²) >= 11 is 0. The van der Waals surface area contributed by atoms with Gasteiger partial charge in [0.25, 0.3) is 0 Å². The van der Waals surface area contributed by atoms with Crippen LogP contribution in [0.15, 0.2) is 54.7 Å². The summed E-state index contributed by atoms with van der Waals surface area (Å²) in [4.78, 5) is 18.1. The standard InChI is InChI=1S/C21H21N3O/c1-15-4-9-19-18(13-15)20(10-11-22-19)23-14-16-5-7-17(8-6-16)24-12-2-3-21(24)25/h4-11,13H,2-3,12,14H2,1H3,(H,22,23). The molecule has 1 amide bonds. The zero-order chi connectivity index (χ0) is 17.2. The number of pyridine rings is 1. The van der Waals surface area contributed by atoms with Crippen LogP contribution in [0.4, 0.5) is 11.4 Å².